The first kappa shape index (κ1) is 25.0. The summed E-state index contributed by atoms with van der Waals surface area (Å²) in [6, 6.07) is 7.56. The summed E-state index contributed by atoms with van der Waals surface area (Å²) in [6.07, 6.45) is 3.58. The van der Waals surface area contributed by atoms with Gasteiger partial charge in [-0.2, -0.15) is 17.4 Å². The maximum absolute atomic E-state index is 13.6. The molecule has 3 atom stereocenters. The van der Waals surface area contributed by atoms with Gasteiger partial charge in [0.1, 0.15) is 29.4 Å². The molecule has 15 heteroatoms. The predicted molar refractivity (Wildman–Crippen MR) is 140 cm³/mol. The van der Waals surface area contributed by atoms with Gasteiger partial charge in [0.2, 0.25) is 5.91 Å². The van der Waals surface area contributed by atoms with Crippen molar-refractivity contribution in [3.8, 4) is 10.6 Å². The Labute approximate surface area is 209 Å². The third-order valence-corrected chi connectivity index (χ3v) is 10.2. The molecule has 1 amide bonds. The summed E-state index contributed by atoms with van der Waals surface area (Å²) in [5, 5.41) is 2.56. The number of thiophene rings is 1. The molecule has 2 aromatic heterocycles. The Morgan fingerprint density at radius 1 is 1.29 bits per heavy atom. The van der Waals surface area contributed by atoms with Crippen molar-refractivity contribution >= 4 is 68.3 Å². The lowest BCUT2D eigenvalue weighted by Crippen LogP contribution is -2.74. The van der Waals surface area contributed by atoms with Crippen molar-refractivity contribution in [3.05, 3.63) is 58.6 Å². The average Bonchev–Trinajstić information content (AvgIpc) is 3.43. The summed E-state index contributed by atoms with van der Waals surface area (Å²) in [5.41, 5.74) is -1.52. The fourth-order valence-corrected chi connectivity index (χ4v) is 7.34. The van der Waals surface area contributed by atoms with E-state index in [-0.39, 0.29) is 10.7 Å². The molecule has 1 aromatic carbocycles. The monoisotopic (exact) mass is 519 g/mol. The number of carbonyl (C=O) groups excluding carboxylic acids is 1. The number of hydrogen-bond donors (Lipinski definition) is 2. The Hall–Kier alpha value is -2.12. The smallest absolute Gasteiger partial charge is 0.279 e. The van der Waals surface area contributed by atoms with Crippen LogP contribution in [-0.2, 0) is 27.5 Å². The second-order valence-electron chi connectivity index (χ2n) is 8.82. The highest BCUT2D eigenvalue weighted by atomic mass is 35.5. The van der Waals surface area contributed by atoms with Crippen LogP contribution >= 0.6 is 22.9 Å². The van der Waals surface area contributed by atoms with E-state index >= 15 is 0 Å². The number of nitrogens with one attached hydrogen (secondary N) is 2. The van der Waals surface area contributed by atoms with E-state index in [4.69, 9.17) is 11.6 Å². The number of aromatic nitrogens is 2. The molecule has 4 rings (SSSR count). The highest BCUT2D eigenvalue weighted by Gasteiger charge is 2.59. The number of aryl methyl sites for hydroxylation is 1. The van der Waals surface area contributed by atoms with Crippen LogP contribution in [-0.4, -0.2) is 64.2 Å². The molecule has 3 unspecified atom stereocenters. The Balaban J connectivity index is 1.74. The zero-order valence-electron chi connectivity index (χ0n) is 19.3. The highest BCUT2D eigenvalue weighted by Crippen LogP contribution is 2.47. The number of rotatable bonds is 4. The number of likely N-dealkylation sites (N-methyl/N-ethyl adjacent to an activating group) is 1. The fraction of sp³-hybridized carbons (Fsp3) is 0.263. The maximum Gasteiger partial charge on any atom is 0.279 e. The van der Waals surface area contributed by atoms with Crippen LogP contribution < -0.4 is 10.0 Å². The van der Waals surface area contributed by atoms with Crippen molar-refractivity contribution < 1.29 is 17.6 Å². The Kier molecular flexibility index (Phi) is 6.27. The minimum Gasteiger partial charge on any atom is -0.340 e. The van der Waals surface area contributed by atoms with E-state index in [1.807, 2.05) is 37.8 Å². The number of nitrogens with zero attached hydrogens (tertiary/aromatic N) is 3. The van der Waals surface area contributed by atoms with Gasteiger partial charge in [-0.15, -0.1) is 11.3 Å². The van der Waals surface area contributed by atoms with Crippen molar-refractivity contribution in [2.24, 2.45) is 7.05 Å². The Bertz CT molecular complexity index is 1390. The minimum absolute atomic E-state index is 0.146. The van der Waals surface area contributed by atoms with E-state index in [0.29, 0.717) is 0 Å². The lowest BCUT2D eigenvalue weighted by Gasteiger charge is -2.54. The van der Waals surface area contributed by atoms with Crippen LogP contribution in [0.3, 0.4) is 0 Å². The topological polar surface area (TPSA) is 96.3 Å². The molecule has 0 spiro atoms. The van der Waals surface area contributed by atoms with Gasteiger partial charge in [-0.25, -0.2) is 9.37 Å². The van der Waals surface area contributed by atoms with Crippen molar-refractivity contribution in [1.82, 2.24) is 18.6 Å². The van der Waals surface area contributed by atoms with Gasteiger partial charge in [-0.1, -0.05) is 11.6 Å². The van der Waals surface area contributed by atoms with Crippen molar-refractivity contribution in [3.63, 3.8) is 0 Å². The first-order chi connectivity index (χ1) is 15.8. The second kappa shape index (κ2) is 8.52. The Morgan fingerprint density at radius 2 is 2.00 bits per heavy atom. The van der Waals surface area contributed by atoms with E-state index < -0.39 is 38.6 Å². The van der Waals surface area contributed by atoms with Crippen LogP contribution in [0.2, 0.25) is 10.8 Å². The van der Waals surface area contributed by atoms with E-state index in [1.54, 1.807) is 22.0 Å². The number of amides is 1. The van der Waals surface area contributed by atoms with Crippen LogP contribution in [0.5, 0.6) is 0 Å². The number of imidazole rings is 1. The summed E-state index contributed by atoms with van der Waals surface area (Å²) in [6.45, 7) is 0. The molecule has 8 nitrogen and oxygen atoms in total. The van der Waals surface area contributed by atoms with E-state index in [1.165, 1.54) is 30.5 Å². The van der Waals surface area contributed by atoms with Gasteiger partial charge in [0, 0.05) is 36.3 Å². The SMILES string of the molecule is BC1C(B)(c2ccc(-c3cn(C)cn3)s2)NS(=O)(=O)N(C)C1(B)C(=O)Nc1ccc(F)c(Cl)c1. The number of carbonyl (C=O) groups is 1. The molecule has 3 aromatic rings. The van der Waals surface area contributed by atoms with Crippen LogP contribution in [0, 0.1) is 5.82 Å². The first-order valence-electron chi connectivity index (χ1n) is 10.4. The van der Waals surface area contributed by atoms with Gasteiger partial charge in [0.25, 0.3) is 10.2 Å². The second-order valence-corrected chi connectivity index (χ2v) is 12.0. The zero-order valence-corrected chi connectivity index (χ0v) is 21.6. The molecule has 1 saturated heterocycles. The summed E-state index contributed by atoms with van der Waals surface area (Å²) in [5.74, 6) is -1.68. The number of benzene rings is 1. The van der Waals surface area contributed by atoms with Gasteiger partial charge in [0.05, 0.1) is 27.4 Å². The maximum atomic E-state index is 13.6. The largest absolute Gasteiger partial charge is 0.340 e. The van der Waals surface area contributed by atoms with Gasteiger partial charge in [0.15, 0.2) is 0 Å². The predicted octanol–water partition coefficient (Wildman–Crippen LogP) is -0.103. The number of anilines is 1. The van der Waals surface area contributed by atoms with Crippen molar-refractivity contribution in [1.29, 1.82) is 0 Å². The van der Waals surface area contributed by atoms with Gasteiger partial charge >= 0.3 is 0 Å². The van der Waals surface area contributed by atoms with Gasteiger partial charge < -0.3 is 9.88 Å². The fourth-order valence-electron chi connectivity index (χ4n) is 4.24. The molecule has 3 heterocycles. The number of halogens is 2. The van der Waals surface area contributed by atoms with Crippen LogP contribution in [0.15, 0.2) is 42.9 Å². The van der Waals surface area contributed by atoms with E-state index in [2.05, 4.69) is 15.0 Å². The first-order valence-corrected chi connectivity index (χ1v) is 13.1. The standard InChI is InChI=1S/C19H22B3ClFN5O3S2/c1-28-8-13(25-9-28)14-5-6-15(33-14)18(21)16(20)19(22,29(2)34(31,32)27-18)17(30)26-10-3-4-12(24)11(23)7-10/h3-9,16,27H,20-22H2,1-2H3,(H,26,30). The van der Waals surface area contributed by atoms with Gasteiger partial charge in [-0.3, -0.25) is 4.79 Å². The quantitative estimate of drug-likeness (QED) is 0.471. The highest BCUT2D eigenvalue weighted by molar-refractivity contribution is 7.87. The molecule has 1 aliphatic rings. The van der Waals surface area contributed by atoms with Crippen LogP contribution in [0.1, 0.15) is 4.88 Å². The summed E-state index contributed by atoms with van der Waals surface area (Å²) >= 11 is 7.27. The van der Waals surface area contributed by atoms with Crippen LogP contribution in [0.25, 0.3) is 10.6 Å². The zero-order chi connectivity index (χ0) is 25.1. The van der Waals surface area contributed by atoms with Crippen molar-refractivity contribution in [2.75, 3.05) is 12.4 Å². The molecule has 0 aliphatic carbocycles. The molecule has 176 valence electrons. The molecule has 0 bridgehead atoms. The molecule has 0 radical (unpaired) electrons. The molecule has 1 aliphatic heterocycles. The molecule has 1 fully saturated rings. The molecule has 0 saturated carbocycles. The summed E-state index contributed by atoms with van der Waals surface area (Å²) in [4.78, 5) is 19.6. The third kappa shape index (κ3) is 4.01. The van der Waals surface area contributed by atoms with E-state index in [0.717, 1.165) is 25.8 Å². The molecule has 2 N–H and O–H groups in total. The Morgan fingerprint density at radius 3 is 2.62 bits per heavy atom. The lowest BCUT2D eigenvalue weighted by atomic mass is 9.47. The van der Waals surface area contributed by atoms with Gasteiger partial charge in [-0.05, 0) is 36.1 Å². The molecular weight excluding hydrogens is 497 g/mol. The third-order valence-electron chi connectivity index (χ3n) is 6.78. The van der Waals surface area contributed by atoms with Crippen molar-refractivity contribution in [2.45, 2.75) is 16.7 Å². The summed E-state index contributed by atoms with van der Waals surface area (Å²) < 4.78 is 45.7. The number of hydrogen-bond acceptors (Lipinski definition) is 5. The summed E-state index contributed by atoms with van der Waals surface area (Å²) in [7, 11) is 4.39. The minimum atomic E-state index is -4.04. The average molecular weight is 519 g/mol. The lowest BCUT2D eigenvalue weighted by molar-refractivity contribution is -0.122. The molecule has 34 heavy (non-hydrogen) atoms. The molecular formula is C19H22B3ClFN5O3S2. The van der Waals surface area contributed by atoms with Crippen LogP contribution in [0.4, 0.5) is 10.1 Å². The van der Waals surface area contributed by atoms with E-state index in [9.17, 15) is 17.6 Å². The normalized spacial score (nSPS) is 26.9.